The Balaban J connectivity index is 2.25. The van der Waals surface area contributed by atoms with E-state index in [0.717, 1.165) is 6.07 Å². The van der Waals surface area contributed by atoms with E-state index in [1.807, 2.05) is 0 Å². The molecule has 1 aliphatic carbocycles. The summed E-state index contributed by atoms with van der Waals surface area (Å²) in [6, 6.07) is 2.35. The Labute approximate surface area is 119 Å². The van der Waals surface area contributed by atoms with Gasteiger partial charge in [0.05, 0.1) is 5.92 Å². The van der Waals surface area contributed by atoms with Gasteiger partial charge in [0.1, 0.15) is 10.2 Å². The molecule has 0 aromatic heterocycles. The number of rotatable bonds is 3. The first kappa shape index (κ1) is 14.1. The Bertz CT molecular complexity index is 575. The van der Waals surface area contributed by atoms with Crippen LogP contribution in [0.2, 0.25) is 0 Å². The summed E-state index contributed by atoms with van der Waals surface area (Å²) in [6.45, 7) is 1.48. The Morgan fingerprint density at radius 1 is 1.47 bits per heavy atom. The highest BCUT2D eigenvalue weighted by molar-refractivity contribution is 6.52. The van der Waals surface area contributed by atoms with Crippen LogP contribution in [0.4, 0.5) is 10.1 Å². The van der Waals surface area contributed by atoms with Gasteiger partial charge in [0.2, 0.25) is 11.8 Å². The minimum Gasteiger partial charge on any atom is -0.366 e. The summed E-state index contributed by atoms with van der Waals surface area (Å²) >= 11 is 11.6. The summed E-state index contributed by atoms with van der Waals surface area (Å²) < 4.78 is 12.6. The summed E-state index contributed by atoms with van der Waals surface area (Å²) in [5.74, 6) is -2.33. The van der Waals surface area contributed by atoms with Gasteiger partial charge in [-0.1, -0.05) is 0 Å². The lowest BCUT2D eigenvalue weighted by Crippen LogP contribution is -2.19. The topological polar surface area (TPSA) is 72.2 Å². The largest absolute Gasteiger partial charge is 0.366 e. The van der Waals surface area contributed by atoms with E-state index in [1.54, 1.807) is 0 Å². The zero-order valence-electron chi connectivity index (χ0n) is 9.97. The van der Waals surface area contributed by atoms with E-state index < -0.39 is 27.9 Å². The monoisotopic (exact) mass is 304 g/mol. The van der Waals surface area contributed by atoms with Gasteiger partial charge >= 0.3 is 0 Å². The molecule has 0 saturated heterocycles. The number of anilines is 1. The molecule has 1 aliphatic rings. The molecule has 1 atom stereocenters. The number of hydrogen-bond donors (Lipinski definition) is 2. The van der Waals surface area contributed by atoms with Crippen LogP contribution in [0.1, 0.15) is 22.3 Å². The van der Waals surface area contributed by atoms with Crippen LogP contribution in [0.3, 0.4) is 0 Å². The molecule has 1 unspecified atom stereocenters. The van der Waals surface area contributed by atoms with E-state index in [-0.39, 0.29) is 16.8 Å². The molecule has 7 heteroatoms. The van der Waals surface area contributed by atoms with Crippen LogP contribution in [0, 0.1) is 18.7 Å². The molecule has 102 valence electrons. The first-order valence-electron chi connectivity index (χ1n) is 5.51. The second-order valence-electron chi connectivity index (χ2n) is 4.50. The summed E-state index contributed by atoms with van der Waals surface area (Å²) in [4.78, 5) is 22.9. The molecule has 0 bridgehead atoms. The third-order valence-corrected chi connectivity index (χ3v) is 3.86. The second-order valence-corrected chi connectivity index (χ2v) is 6.04. The average Bonchev–Trinajstić information content (AvgIpc) is 2.93. The van der Waals surface area contributed by atoms with Crippen molar-refractivity contribution >= 4 is 40.7 Å². The van der Waals surface area contributed by atoms with Crippen molar-refractivity contribution in [3.05, 3.63) is 29.1 Å². The minimum atomic E-state index is -1.06. The lowest BCUT2D eigenvalue weighted by Gasteiger charge is -2.10. The van der Waals surface area contributed by atoms with Gasteiger partial charge in [0.25, 0.3) is 0 Å². The number of amides is 2. The van der Waals surface area contributed by atoms with Crippen LogP contribution < -0.4 is 11.1 Å². The quantitative estimate of drug-likeness (QED) is 0.842. The van der Waals surface area contributed by atoms with Gasteiger partial charge in [-0.3, -0.25) is 9.59 Å². The highest BCUT2D eigenvalue weighted by Crippen LogP contribution is 2.53. The van der Waals surface area contributed by atoms with Crippen LogP contribution in [0.5, 0.6) is 0 Å². The number of hydrogen-bond acceptors (Lipinski definition) is 2. The molecule has 2 rings (SSSR count). The van der Waals surface area contributed by atoms with Crippen LogP contribution in [-0.2, 0) is 4.79 Å². The highest BCUT2D eigenvalue weighted by Gasteiger charge is 2.56. The van der Waals surface area contributed by atoms with Crippen LogP contribution in [0.15, 0.2) is 12.1 Å². The number of carbonyl (C=O) groups excluding carboxylic acids is 2. The minimum absolute atomic E-state index is 0.0165. The van der Waals surface area contributed by atoms with Gasteiger partial charge in [0.15, 0.2) is 0 Å². The Morgan fingerprint density at radius 2 is 2.05 bits per heavy atom. The van der Waals surface area contributed by atoms with E-state index in [9.17, 15) is 14.0 Å². The number of alkyl halides is 2. The number of carbonyl (C=O) groups is 2. The van der Waals surface area contributed by atoms with E-state index in [4.69, 9.17) is 28.9 Å². The average molecular weight is 305 g/mol. The number of primary amides is 1. The van der Waals surface area contributed by atoms with Gasteiger partial charge in [-0.05, 0) is 25.5 Å². The maximum absolute atomic E-state index is 13.6. The van der Waals surface area contributed by atoms with Crippen molar-refractivity contribution in [3.63, 3.8) is 0 Å². The number of nitrogens with two attached hydrogens (primary N) is 1. The maximum Gasteiger partial charge on any atom is 0.248 e. The lowest BCUT2D eigenvalue weighted by molar-refractivity contribution is -0.117. The van der Waals surface area contributed by atoms with Crippen molar-refractivity contribution in [2.75, 3.05) is 5.32 Å². The number of halogens is 3. The molecular weight excluding hydrogens is 294 g/mol. The predicted octanol–water partition coefficient (Wildman–Crippen LogP) is 2.37. The third kappa shape index (κ3) is 2.82. The number of benzene rings is 1. The Hall–Kier alpha value is -1.33. The fraction of sp³-hybridized carbons (Fsp3) is 0.333. The first-order valence-corrected chi connectivity index (χ1v) is 6.26. The SMILES string of the molecule is Cc1c(F)cc(C(N)=O)cc1NC(=O)C1CC1(Cl)Cl. The molecule has 1 aromatic carbocycles. The fourth-order valence-electron chi connectivity index (χ4n) is 1.67. The van der Waals surface area contributed by atoms with Crippen LogP contribution >= 0.6 is 23.2 Å². The molecule has 0 aliphatic heterocycles. The summed E-state index contributed by atoms with van der Waals surface area (Å²) in [6.07, 6.45) is 0.346. The zero-order valence-corrected chi connectivity index (χ0v) is 11.5. The van der Waals surface area contributed by atoms with Gasteiger partial charge in [0, 0.05) is 16.8 Å². The molecule has 1 saturated carbocycles. The van der Waals surface area contributed by atoms with Crippen molar-refractivity contribution in [2.24, 2.45) is 11.7 Å². The molecule has 0 heterocycles. The summed E-state index contributed by atoms with van der Waals surface area (Å²) in [7, 11) is 0. The normalized spacial score (nSPS) is 19.9. The van der Waals surface area contributed by atoms with Crippen molar-refractivity contribution in [1.82, 2.24) is 0 Å². The fourth-order valence-corrected chi connectivity index (χ4v) is 2.18. The van der Waals surface area contributed by atoms with E-state index >= 15 is 0 Å². The molecule has 1 fully saturated rings. The van der Waals surface area contributed by atoms with Crippen molar-refractivity contribution < 1.29 is 14.0 Å². The zero-order chi connectivity index (χ0) is 14.4. The number of nitrogens with one attached hydrogen (secondary N) is 1. The van der Waals surface area contributed by atoms with Crippen molar-refractivity contribution in [2.45, 2.75) is 17.7 Å². The lowest BCUT2D eigenvalue weighted by atomic mass is 10.1. The van der Waals surface area contributed by atoms with Crippen molar-refractivity contribution in [3.8, 4) is 0 Å². The first-order chi connectivity index (χ1) is 8.72. The smallest absolute Gasteiger partial charge is 0.248 e. The van der Waals surface area contributed by atoms with E-state index in [2.05, 4.69) is 5.32 Å². The molecular formula is C12H11Cl2FN2O2. The standard InChI is InChI=1S/C12H11Cl2FN2O2/c1-5-8(15)2-6(10(16)18)3-9(5)17-11(19)7-4-12(7,13)14/h2-3,7H,4H2,1H3,(H2,16,18)(H,17,19). The molecule has 3 N–H and O–H groups in total. The Morgan fingerprint density at radius 3 is 2.53 bits per heavy atom. The van der Waals surface area contributed by atoms with Gasteiger partial charge in [-0.2, -0.15) is 0 Å². The van der Waals surface area contributed by atoms with Crippen molar-refractivity contribution in [1.29, 1.82) is 0 Å². The highest BCUT2D eigenvalue weighted by atomic mass is 35.5. The van der Waals surface area contributed by atoms with Crippen LogP contribution in [-0.4, -0.2) is 16.1 Å². The van der Waals surface area contributed by atoms with E-state index in [0.29, 0.717) is 6.42 Å². The molecule has 4 nitrogen and oxygen atoms in total. The second kappa shape index (κ2) is 4.65. The Kier molecular flexibility index (Phi) is 3.45. The van der Waals surface area contributed by atoms with Crippen LogP contribution in [0.25, 0.3) is 0 Å². The molecule has 0 spiro atoms. The molecule has 1 aromatic rings. The van der Waals surface area contributed by atoms with E-state index in [1.165, 1.54) is 13.0 Å². The predicted molar refractivity (Wildman–Crippen MR) is 70.8 cm³/mol. The summed E-state index contributed by atoms with van der Waals surface area (Å²) in [5, 5.41) is 2.51. The molecule has 0 radical (unpaired) electrons. The summed E-state index contributed by atoms with van der Waals surface area (Å²) in [5.41, 5.74) is 5.48. The van der Waals surface area contributed by atoms with Gasteiger partial charge < -0.3 is 11.1 Å². The molecule has 2 amide bonds. The maximum atomic E-state index is 13.6. The molecule has 19 heavy (non-hydrogen) atoms. The van der Waals surface area contributed by atoms with Gasteiger partial charge in [-0.25, -0.2) is 4.39 Å². The third-order valence-electron chi connectivity index (χ3n) is 3.03. The van der Waals surface area contributed by atoms with Gasteiger partial charge in [-0.15, -0.1) is 23.2 Å².